The van der Waals surface area contributed by atoms with Crippen molar-refractivity contribution in [1.82, 2.24) is 5.32 Å². The zero-order chi connectivity index (χ0) is 6.27. The van der Waals surface area contributed by atoms with Crippen LogP contribution in [0.15, 0.2) is 0 Å². The molecule has 0 aromatic heterocycles. The van der Waals surface area contributed by atoms with E-state index in [1.54, 1.807) is 0 Å². The molecule has 1 saturated carbocycles. The number of fused-ring (bicyclic) bond motifs is 3. The topological polar surface area (TPSA) is 12.0 Å². The molecule has 9 heavy (non-hydrogen) atoms. The van der Waals surface area contributed by atoms with E-state index in [0.717, 1.165) is 17.9 Å². The summed E-state index contributed by atoms with van der Waals surface area (Å²) in [7, 11) is 0. The van der Waals surface area contributed by atoms with Gasteiger partial charge in [-0.2, -0.15) is 0 Å². The smallest absolute Gasteiger partial charge is 0.00699 e. The highest BCUT2D eigenvalue weighted by Gasteiger charge is 2.31. The lowest BCUT2D eigenvalue weighted by molar-refractivity contribution is 0.145. The van der Waals surface area contributed by atoms with Gasteiger partial charge in [-0.3, -0.25) is 0 Å². The van der Waals surface area contributed by atoms with Crippen LogP contribution in [0.25, 0.3) is 0 Å². The van der Waals surface area contributed by atoms with Crippen LogP contribution in [0.4, 0.5) is 0 Å². The Morgan fingerprint density at radius 3 is 2.44 bits per heavy atom. The van der Waals surface area contributed by atoms with Gasteiger partial charge in [0.2, 0.25) is 0 Å². The molecule has 3 aliphatic rings. The lowest BCUT2D eigenvalue weighted by Crippen LogP contribution is -2.48. The molecule has 2 aliphatic heterocycles. The molecular formula is C8H15N. The van der Waals surface area contributed by atoms with Crippen molar-refractivity contribution in [3.05, 3.63) is 0 Å². The molecule has 3 unspecified atom stereocenters. The predicted molar refractivity (Wildman–Crippen MR) is 38.3 cm³/mol. The van der Waals surface area contributed by atoms with Crippen LogP contribution in [0.5, 0.6) is 0 Å². The normalized spacial score (nSPS) is 49.7. The first-order valence-electron chi connectivity index (χ1n) is 4.09. The lowest BCUT2D eigenvalue weighted by atomic mass is 9.74. The van der Waals surface area contributed by atoms with Gasteiger partial charge >= 0.3 is 0 Å². The van der Waals surface area contributed by atoms with Crippen molar-refractivity contribution in [3.8, 4) is 0 Å². The molecule has 0 aromatic rings. The highest BCUT2D eigenvalue weighted by Crippen LogP contribution is 2.33. The third kappa shape index (κ3) is 0.877. The van der Waals surface area contributed by atoms with Crippen LogP contribution in [0.1, 0.15) is 26.2 Å². The molecule has 2 saturated heterocycles. The maximum atomic E-state index is 3.55. The second-order valence-corrected chi connectivity index (χ2v) is 3.66. The van der Waals surface area contributed by atoms with Gasteiger partial charge in [-0.15, -0.1) is 0 Å². The lowest BCUT2D eigenvalue weighted by Gasteiger charge is -2.41. The van der Waals surface area contributed by atoms with Crippen LogP contribution in [-0.4, -0.2) is 12.6 Å². The molecule has 3 fully saturated rings. The Labute approximate surface area is 56.8 Å². The predicted octanol–water partition coefficient (Wildman–Crippen LogP) is 1.39. The summed E-state index contributed by atoms with van der Waals surface area (Å²) in [6.07, 6.45) is 4.36. The highest BCUT2D eigenvalue weighted by atomic mass is 14.9. The maximum Gasteiger partial charge on any atom is 0.00699 e. The van der Waals surface area contributed by atoms with Crippen molar-refractivity contribution in [2.24, 2.45) is 11.8 Å². The minimum absolute atomic E-state index is 0.880. The Hall–Kier alpha value is -0.0400. The van der Waals surface area contributed by atoms with E-state index >= 15 is 0 Å². The minimum atomic E-state index is 0.880. The molecule has 1 heteroatoms. The third-order valence-corrected chi connectivity index (χ3v) is 3.02. The number of hydrogen-bond acceptors (Lipinski definition) is 1. The fourth-order valence-corrected chi connectivity index (χ4v) is 2.27. The summed E-state index contributed by atoms with van der Waals surface area (Å²) in [5.41, 5.74) is 0. The summed E-state index contributed by atoms with van der Waals surface area (Å²) >= 11 is 0. The van der Waals surface area contributed by atoms with E-state index in [4.69, 9.17) is 0 Å². The number of rotatable bonds is 0. The van der Waals surface area contributed by atoms with E-state index in [0.29, 0.717) is 0 Å². The molecule has 1 N–H and O–H groups in total. The van der Waals surface area contributed by atoms with Crippen LogP contribution in [0, 0.1) is 11.8 Å². The summed E-state index contributed by atoms with van der Waals surface area (Å²) in [6.45, 7) is 3.70. The number of piperidine rings is 2. The Balaban J connectivity index is 2.06. The van der Waals surface area contributed by atoms with Gasteiger partial charge in [-0.1, -0.05) is 6.92 Å². The first-order chi connectivity index (χ1) is 4.36. The molecule has 2 bridgehead atoms. The van der Waals surface area contributed by atoms with E-state index in [1.807, 2.05) is 0 Å². The molecule has 0 amide bonds. The van der Waals surface area contributed by atoms with Gasteiger partial charge in [0, 0.05) is 6.04 Å². The van der Waals surface area contributed by atoms with E-state index < -0.39 is 0 Å². The van der Waals surface area contributed by atoms with Crippen LogP contribution in [-0.2, 0) is 0 Å². The Morgan fingerprint density at radius 1 is 1.33 bits per heavy atom. The number of hydrogen-bond donors (Lipinski definition) is 1. The van der Waals surface area contributed by atoms with Gasteiger partial charge in [0.05, 0.1) is 0 Å². The van der Waals surface area contributed by atoms with Gasteiger partial charge in [-0.05, 0) is 37.6 Å². The van der Waals surface area contributed by atoms with Gasteiger partial charge in [0.25, 0.3) is 0 Å². The maximum absolute atomic E-state index is 3.55. The van der Waals surface area contributed by atoms with Gasteiger partial charge < -0.3 is 5.32 Å². The van der Waals surface area contributed by atoms with Crippen molar-refractivity contribution in [3.63, 3.8) is 0 Å². The van der Waals surface area contributed by atoms with Crippen LogP contribution < -0.4 is 5.32 Å². The average molecular weight is 125 g/mol. The van der Waals surface area contributed by atoms with Gasteiger partial charge in [-0.25, -0.2) is 0 Å². The second-order valence-electron chi connectivity index (χ2n) is 3.66. The van der Waals surface area contributed by atoms with Gasteiger partial charge in [0.1, 0.15) is 0 Å². The summed E-state index contributed by atoms with van der Waals surface area (Å²) in [5.74, 6) is 2.01. The summed E-state index contributed by atoms with van der Waals surface area (Å²) in [6, 6.07) is 0.880. The Morgan fingerprint density at radius 2 is 2.22 bits per heavy atom. The van der Waals surface area contributed by atoms with Crippen molar-refractivity contribution in [2.75, 3.05) is 6.54 Å². The van der Waals surface area contributed by atoms with E-state index in [1.165, 1.54) is 25.8 Å². The monoisotopic (exact) mass is 125 g/mol. The molecule has 0 spiro atoms. The molecule has 1 aliphatic carbocycles. The van der Waals surface area contributed by atoms with Crippen LogP contribution in [0.3, 0.4) is 0 Å². The Bertz CT molecular complexity index is 103. The molecular weight excluding hydrogens is 110 g/mol. The standard InChI is InChI=1S/C8H15N/c1-6-4-8-3-2-7(6)5-9-8/h6-9H,2-5H2,1H3. The largest absolute Gasteiger partial charge is 0.314 e. The fraction of sp³-hybridized carbons (Fsp3) is 1.00. The Kier molecular flexibility index (Phi) is 1.26. The molecule has 3 atom stereocenters. The SMILES string of the molecule is CC1CC2CCC1CN2. The average Bonchev–Trinajstić information content (AvgIpc) is 1.90. The summed E-state index contributed by atoms with van der Waals surface area (Å²) < 4.78 is 0. The summed E-state index contributed by atoms with van der Waals surface area (Å²) in [5, 5.41) is 3.55. The zero-order valence-corrected chi connectivity index (χ0v) is 6.06. The first kappa shape index (κ1) is 5.72. The molecule has 0 aromatic carbocycles. The molecule has 2 heterocycles. The van der Waals surface area contributed by atoms with E-state index in [-0.39, 0.29) is 0 Å². The zero-order valence-electron chi connectivity index (χ0n) is 6.06. The van der Waals surface area contributed by atoms with Crippen molar-refractivity contribution in [2.45, 2.75) is 32.2 Å². The quantitative estimate of drug-likeness (QED) is 0.516. The van der Waals surface area contributed by atoms with E-state index in [2.05, 4.69) is 12.2 Å². The summed E-state index contributed by atoms with van der Waals surface area (Å²) in [4.78, 5) is 0. The third-order valence-electron chi connectivity index (χ3n) is 3.02. The molecule has 52 valence electrons. The molecule has 3 rings (SSSR count). The van der Waals surface area contributed by atoms with Crippen molar-refractivity contribution in [1.29, 1.82) is 0 Å². The number of nitrogens with one attached hydrogen (secondary N) is 1. The minimum Gasteiger partial charge on any atom is -0.314 e. The molecule has 1 nitrogen and oxygen atoms in total. The second kappa shape index (κ2) is 1.98. The van der Waals surface area contributed by atoms with Crippen LogP contribution >= 0.6 is 0 Å². The van der Waals surface area contributed by atoms with Crippen molar-refractivity contribution >= 4 is 0 Å². The first-order valence-corrected chi connectivity index (χ1v) is 4.09. The van der Waals surface area contributed by atoms with E-state index in [9.17, 15) is 0 Å². The van der Waals surface area contributed by atoms with Crippen molar-refractivity contribution < 1.29 is 0 Å². The van der Waals surface area contributed by atoms with Gasteiger partial charge in [0.15, 0.2) is 0 Å². The highest BCUT2D eigenvalue weighted by molar-refractivity contribution is 4.88. The van der Waals surface area contributed by atoms with Crippen LogP contribution in [0.2, 0.25) is 0 Å². The molecule has 0 radical (unpaired) electrons. The fourth-order valence-electron chi connectivity index (χ4n) is 2.27.